The second kappa shape index (κ2) is 14.0. The highest BCUT2D eigenvalue weighted by molar-refractivity contribution is 7.89. The zero-order valence-corrected chi connectivity index (χ0v) is 26.7. The number of hydrogen-bond acceptors (Lipinski definition) is 8. The third-order valence-corrected chi connectivity index (χ3v) is 12.2. The van der Waals surface area contributed by atoms with Gasteiger partial charge in [0, 0.05) is 37.4 Å². The average Bonchev–Trinajstić information content (AvgIpc) is 3.56. The summed E-state index contributed by atoms with van der Waals surface area (Å²) in [6.45, 7) is 2.34. The molecule has 10 nitrogen and oxygen atoms in total. The van der Waals surface area contributed by atoms with Crippen LogP contribution >= 0.6 is 11.6 Å². The Balaban J connectivity index is 1.42. The van der Waals surface area contributed by atoms with Gasteiger partial charge in [-0.15, -0.1) is 0 Å². The standard InChI is InChI=1S/C30H39ClN6O4S2/c1-32-30-34-19-16-26(35-30)22-36(20-24-14-17-33-18-15-24)42(38,39)28-10-12-29(13-11-28)43(40,41)37(27-4-2-3-5-27)21-23-6-8-25(31)9-7-23/h6-13,16,19,24,27,33H,2-5,14-15,17-18,20-22H2,1H3,(H,32,34,35). The van der Waals surface area contributed by atoms with Crippen LogP contribution in [0.5, 0.6) is 0 Å². The molecule has 1 aliphatic heterocycles. The maximum Gasteiger partial charge on any atom is 0.243 e. The van der Waals surface area contributed by atoms with Crippen molar-refractivity contribution in [3.05, 3.63) is 77.1 Å². The number of hydrogen-bond donors (Lipinski definition) is 2. The number of piperidine rings is 1. The van der Waals surface area contributed by atoms with Gasteiger partial charge in [0.15, 0.2) is 0 Å². The van der Waals surface area contributed by atoms with Gasteiger partial charge < -0.3 is 10.6 Å². The Morgan fingerprint density at radius 3 is 2.12 bits per heavy atom. The van der Waals surface area contributed by atoms with Gasteiger partial charge in [-0.2, -0.15) is 8.61 Å². The Labute approximate surface area is 260 Å². The SMILES string of the molecule is CNc1nccc(CN(CC2CCNCC2)S(=O)(=O)c2ccc(S(=O)(=O)N(Cc3ccc(Cl)cc3)C3CCCC3)cc2)n1. The van der Waals surface area contributed by atoms with E-state index >= 15 is 0 Å². The lowest BCUT2D eigenvalue weighted by Crippen LogP contribution is -2.39. The smallest absolute Gasteiger partial charge is 0.243 e. The number of aromatic nitrogens is 2. The van der Waals surface area contributed by atoms with Gasteiger partial charge in [-0.3, -0.25) is 0 Å². The zero-order chi connectivity index (χ0) is 30.5. The van der Waals surface area contributed by atoms with Crippen LogP contribution in [0.15, 0.2) is 70.6 Å². The van der Waals surface area contributed by atoms with Crippen molar-refractivity contribution in [2.24, 2.45) is 5.92 Å². The summed E-state index contributed by atoms with van der Waals surface area (Å²) in [7, 11) is -6.14. The lowest BCUT2D eigenvalue weighted by Gasteiger charge is -2.30. The molecule has 2 aliphatic rings. The molecule has 0 bridgehead atoms. The molecule has 0 amide bonds. The van der Waals surface area contributed by atoms with Crippen molar-refractivity contribution in [3.63, 3.8) is 0 Å². The van der Waals surface area contributed by atoms with E-state index in [1.165, 1.54) is 28.6 Å². The first kappa shape index (κ1) is 31.8. The Morgan fingerprint density at radius 1 is 0.860 bits per heavy atom. The van der Waals surface area contributed by atoms with E-state index in [4.69, 9.17) is 11.6 Å². The summed E-state index contributed by atoms with van der Waals surface area (Å²) in [5.74, 6) is 0.616. The number of sulfonamides is 2. The maximum atomic E-state index is 14.0. The Kier molecular flexibility index (Phi) is 10.4. The zero-order valence-electron chi connectivity index (χ0n) is 24.3. The van der Waals surface area contributed by atoms with E-state index < -0.39 is 20.0 Å². The fraction of sp³-hybridized carbons (Fsp3) is 0.467. The van der Waals surface area contributed by atoms with E-state index in [0.717, 1.165) is 57.2 Å². The van der Waals surface area contributed by atoms with Gasteiger partial charge in [0.05, 0.1) is 22.0 Å². The second-order valence-electron chi connectivity index (χ2n) is 11.2. The quantitative estimate of drug-likeness (QED) is 0.295. The predicted molar refractivity (Wildman–Crippen MR) is 168 cm³/mol. The second-order valence-corrected chi connectivity index (χ2v) is 15.5. The van der Waals surface area contributed by atoms with E-state index in [1.807, 2.05) is 12.1 Å². The molecule has 1 saturated heterocycles. The molecule has 5 rings (SSSR count). The van der Waals surface area contributed by atoms with Crippen LogP contribution in [0.1, 0.15) is 49.8 Å². The predicted octanol–water partition coefficient (Wildman–Crippen LogP) is 4.50. The third-order valence-electron chi connectivity index (χ3n) is 8.25. The highest BCUT2D eigenvalue weighted by Crippen LogP contribution is 2.31. The third kappa shape index (κ3) is 7.73. The minimum Gasteiger partial charge on any atom is -0.357 e. The van der Waals surface area contributed by atoms with Gasteiger partial charge >= 0.3 is 0 Å². The van der Waals surface area contributed by atoms with Crippen LogP contribution in [0.3, 0.4) is 0 Å². The Bertz CT molecular complexity index is 1580. The van der Waals surface area contributed by atoms with Crippen LogP contribution in [-0.4, -0.2) is 68.1 Å². The minimum absolute atomic E-state index is 0.0494. The van der Waals surface area contributed by atoms with E-state index in [9.17, 15) is 16.8 Å². The number of nitrogens with zero attached hydrogens (tertiary/aromatic N) is 4. The first-order valence-corrected chi connectivity index (χ1v) is 18.0. The van der Waals surface area contributed by atoms with Gasteiger partial charge in [0.1, 0.15) is 0 Å². The minimum atomic E-state index is -3.96. The molecule has 1 aromatic heterocycles. The molecule has 2 fully saturated rings. The summed E-state index contributed by atoms with van der Waals surface area (Å²) in [5.41, 5.74) is 1.42. The molecule has 0 unspecified atom stereocenters. The number of benzene rings is 2. The molecule has 0 spiro atoms. The van der Waals surface area contributed by atoms with Crippen molar-refractivity contribution in [1.29, 1.82) is 0 Å². The van der Waals surface area contributed by atoms with E-state index in [-0.39, 0.29) is 34.8 Å². The Hall–Kier alpha value is -2.61. The summed E-state index contributed by atoms with van der Waals surface area (Å²) in [6, 6.07) is 14.4. The van der Waals surface area contributed by atoms with Crippen LogP contribution in [-0.2, 0) is 33.1 Å². The summed E-state index contributed by atoms with van der Waals surface area (Å²) in [4.78, 5) is 8.71. The average molecular weight is 647 g/mol. The van der Waals surface area contributed by atoms with Gasteiger partial charge in [0.2, 0.25) is 26.0 Å². The summed E-state index contributed by atoms with van der Waals surface area (Å²) >= 11 is 6.05. The summed E-state index contributed by atoms with van der Waals surface area (Å²) in [5, 5.41) is 6.81. The van der Waals surface area contributed by atoms with E-state index in [1.54, 1.807) is 35.7 Å². The van der Waals surface area contributed by atoms with Crippen molar-refractivity contribution >= 4 is 37.6 Å². The fourth-order valence-electron chi connectivity index (χ4n) is 5.83. The van der Waals surface area contributed by atoms with Gasteiger partial charge in [-0.25, -0.2) is 26.8 Å². The van der Waals surface area contributed by atoms with E-state index in [2.05, 4.69) is 20.6 Å². The van der Waals surface area contributed by atoms with Gasteiger partial charge in [-0.05, 0) is 92.7 Å². The number of nitrogens with one attached hydrogen (secondary N) is 2. The molecule has 43 heavy (non-hydrogen) atoms. The molecule has 2 aromatic carbocycles. The fourth-order valence-corrected chi connectivity index (χ4v) is 9.11. The highest BCUT2D eigenvalue weighted by atomic mass is 35.5. The molecule has 0 atom stereocenters. The van der Waals surface area contributed by atoms with Crippen LogP contribution in [0.25, 0.3) is 0 Å². The summed E-state index contributed by atoms with van der Waals surface area (Å²) in [6.07, 6.45) is 6.89. The van der Waals surface area contributed by atoms with Crippen molar-refractivity contribution in [2.45, 2.75) is 67.4 Å². The Morgan fingerprint density at radius 2 is 1.49 bits per heavy atom. The first-order chi connectivity index (χ1) is 20.7. The number of halogens is 1. The lowest BCUT2D eigenvalue weighted by atomic mass is 9.98. The number of anilines is 1. The molecule has 0 radical (unpaired) electrons. The largest absolute Gasteiger partial charge is 0.357 e. The lowest BCUT2D eigenvalue weighted by molar-refractivity contribution is 0.282. The maximum absolute atomic E-state index is 14.0. The van der Waals surface area contributed by atoms with Crippen LogP contribution in [0.4, 0.5) is 5.95 Å². The van der Waals surface area contributed by atoms with Crippen LogP contribution in [0.2, 0.25) is 5.02 Å². The topological polar surface area (TPSA) is 125 Å². The van der Waals surface area contributed by atoms with Crippen molar-refractivity contribution in [2.75, 3.05) is 32.0 Å². The summed E-state index contributed by atoms with van der Waals surface area (Å²) < 4.78 is 59.0. The molecular weight excluding hydrogens is 608 g/mol. The van der Waals surface area contributed by atoms with Gasteiger partial charge in [-0.1, -0.05) is 36.6 Å². The molecule has 2 heterocycles. The monoisotopic (exact) mass is 646 g/mol. The highest BCUT2D eigenvalue weighted by Gasteiger charge is 2.34. The van der Waals surface area contributed by atoms with Crippen molar-refractivity contribution in [1.82, 2.24) is 23.9 Å². The normalized spacial score (nSPS) is 17.1. The molecule has 1 aliphatic carbocycles. The molecular formula is C30H39ClN6O4S2. The number of rotatable bonds is 12. The molecule has 2 N–H and O–H groups in total. The molecule has 1 saturated carbocycles. The van der Waals surface area contributed by atoms with E-state index in [0.29, 0.717) is 23.2 Å². The first-order valence-electron chi connectivity index (χ1n) is 14.7. The molecule has 3 aromatic rings. The molecule has 13 heteroatoms. The van der Waals surface area contributed by atoms with Crippen LogP contribution in [0, 0.1) is 5.92 Å². The van der Waals surface area contributed by atoms with Crippen molar-refractivity contribution in [3.8, 4) is 0 Å². The molecule has 232 valence electrons. The van der Waals surface area contributed by atoms with Gasteiger partial charge in [0.25, 0.3) is 0 Å². The van der Waals surface area contributed by atoms with Crippen molar-refractivity contribution < 1.29 is 16.8 Å². The van der Waals surface area contributed by atoms with Crippen LogP contribution < -0.4 is 10.6 Å².